The van der Waals surface area contributed by atoms with Crippen molar-refractivity contribution in [3.05, 3.63) is 23.0 Å². The second-order valence-electron chi connectivity index (χ2n) is 4.07. The molecule has 4 nitrogen and oxygen atoms in total. The molecular formula is C14H18N2O2. The Bertz CT molecular complexity index is 475. The Labute approximate surface area is 108 Å². The van der Waals surface area contributed by atoms with E-state index in [-0.39, 0.29) is 12.3 Å². The van der Waals surface area contributed by atoms with E-state index in [0.717, 1.165) is 22.6 Å². The Morgan fingerprint density at radius 3 is 2.89 bits per heavy atom. The van der Waals surface area contributed by atoms with Crippen molar-refractivity contribution in [1.82, 2.24) is 10.3 Å². The molecule has 0 spiro atoms. The molecule has 1 rings (SSSR count). The summed E-state index contributed by atoms with van der Waals surface area (Å²) in [6.07, 6.45) is 7.11. The molecule has 0 amide bonds. The molecule has 96 valence electrons. The third-order valence-electron chi connectivity index (χ3n) is 2.66. The molecule has 1 N–H and O–H groups in total. The molecule has 1 aromatic rings. The van der Waals surface area contributed by atoms with Crippen LogP contribution in [0, 0.1) is 26.2 Å². The summed E-state index contributed by atoms with van der Waals surface area (Å²) in [5, 5.41) is 2.87. The van der Waals surface area contributed by atoms with Gasteiger partial charge in [-0.05, 0) is 13.8 Å². The predicted octanol–water partition coefficient (Wildman–Crippen LogP) is 1.04. The van der Waals surface area contributed by atoms with E-state index in [9.17, 15) is 4.79 Å². The first-order chi connectivity index (χ1) is 8.60. The highest BCUT2D eigenvalue weighted by molar-refractivity contribution is 5.82. The van der Waals surface area contributed by atoms with Gasteiger partial charge in [0.25, 0.3) is 0 Å². The number of hydrogen-bond donors (Lipinski definition) is 1. The zero-order valence-corrected chi connectivity index (χ0v) is 11.0. The largest absolute Gasteiger partial charge is 0.496 e. The Balaban J connectivity index is 2.74. The van der Waals surface area contributed by atoms with Gasteiger partial charge < -0.3 is 4.74 Å². The number of terminal acetylenes is 1. The van der Waals surface area contributed by atoms with Gasteiger partial charge in [-0.2, -0.15) is 0 Å². The molecule has 0 saturated carbocycles. The summed E-state index contributed by atoms with van der Waals surface area (Å²) >= 11 is 0. The molecule has 0 aliphatic carbocycles. The average Bonchev–Trinajstić information content (AvgIpc) is 2.34. The van der Waals surface area contributed by atoms with E-state index in [1.54, 1.807) is 13.3 Å². The van der Waals surface area contributed by atoms with Crippen LogP contribution in [-0.2, 0) is 11.2 Å². The summed E-state index contributed by atoms with van der Waals surface area (Å²) < 4.78 is 5.30. The van der Waals surface area contributed by atoms with Crippen LogP contribution in [0.15, 0.2) is 6.20 Å². The van der Waals surface area contributed by atoms with Gasteiger partial charge in [0.1, 0.15) is 5.75 Å². The molecule has 0 aliphatic rings. The first-order valence-electron chi connectivity index (χ1n) is 5.75. The maximum atomic E-state index is 11.7. The number of hydrogen-bond acceptors (Lipinski definition) is 4. The van der Waals surface area contributed by atoms with Crippen molar-refractivity contribution in [2.75, 3.05) is 20.2 Å². The van der Waals surface area contributed by atoms with Gasteiger partial charge in [-0.1, -0.05) is 5.92 Å². The van der Waals surface area contributed by atoms with Gasteiger partial charge in [-0.25, -0.2) is 0 Å². The highest BCUT2D eigenvalue weighted by atomic mass is 16.5. The van der Waals surface area contributed by atoms with E-state index < -0.39 is 0 Å². The summed E-state index contributed by atoms with van der Waals surface area (Å²) in [4.78, 5) is 16.0. The highest BCUT2D eigenvalue weighted by Gasteiger charge is 2.12. The minimum atomic E-state index is 0.0618. The summed E-state index contributed by atoms with van der Waals surface area (Å²) in [7, 11) is 1.62. The summed E-state index contributed by atoms with van der Waals surface area (Å²) in [5.41, 5.74) is 2.64. The van der Waals surface area contributed by atoms with Crippen molar-refractivity contribution < 1.29 is 9.53 Å². The number of rotatable bonds is 6. The Morgan fingerprint density at radius 1 is 1.56 bits per heavy atom. The third kappa shape index (κ3) is 3.57. The fourth-order valence-corrected chi connectivity index (χ4v) is 1.77. The Kier molecular flexibility index (Phi) is 5.34. The van der Waals surface area contributed by atoms with Crippen molar-refractivity contribution in [2.45, 2.75) is 20.3 Å². The SMILES string of the molecule is C#CCNCC(=O)Cc1ncc(C)c(OC)c1C. The zero-order chi connectivity index (χ0) is 13.5. The van der Waals surface area contributed by atoms with Crippen LogP contribution in [-0.4, -0.2) is 31.0 Å². The van der Waals surface area contributed by atoms with Crippen LogP contribution >= 0.6 is 0 Å². The summed E-state index contributed by atoms with van der Waals surface area (Å²) in [6, 6.07) is 0. The molecule has 1 heterocycles. The minimum Gasteiger partial charge on any atom is -0.496 e. The van der Waals surface area contributed by atoms with E-state index in [4.69, 9.17) is 11.2 Å². The molecule has 0 bridgehead atoms. The number of aryl methyl sites for hydroxylation is 1. The van der Waals surface area contributed by atoms with Gasteiger partial charge in [0.2, 0.25) is 0 Å². The summed E-state index contributed by atoms with van der Waals surface area (Å²) in [6.45, 7) is 4.51. The lowest BCUT2D eigenvalue weighted by Crippen LogP contribution is -2.25. The Morgan fingerprint density at radius 2 is 2.28 bits per heavy atom. The minimum absolute atomic E-state index is 0.0618. The number of methoxy groups -OCH3 is 1. The van der Waals surface area contributed by atoms with E-state index in [0.29, 0.717) is 13.0 Å². The topological polar surface area (TPSA) is 51.2 Å². The van der Waals surface area contributed by atoms with Gasteiger partial charge in [0, 0.05) is 17.3 Å². The summed E-state index contributed by atoms with van der Waals surface area (Å²) in [5.74, 6) is 3.28. The third-order valence-corrected chi connectivity index (χ3v) is 2.66. The first kappa shape index (κ1) is 14.2. The fourth-order valence-electron chi connectivity index (χ4n) is 1.77. The Hall–Kier alpha value is -1.86. The number of carbonyl (C=O) groups excluding carboxylic acids is 1. The lowest BCUT2D eigenvalue weighted by Gasteiger charge is -2.11. The molecule has 4 heteroatoms. The van der Waals surface area contributed by atoms with Crippen LogP contribution in [0.2, 0.25) is 0 Å². The highest BCUT2D eigenvalue weighted by Crippen LogP contribution is 2.24. The number of carbonyl (C=O) groups is 1. The van der Waals surface area contributed by atoms with E-state index in [1.165, 1.54) is 0 Å². The lowest BCUT2D eigenvalue weighted by molar-refractivity contribution is -0.117. The smallest absolute Gasteiger partial charge is 0.152 e. The molecule has 18 heavy (non-hydrogen) atoms. The van der Waals surface area contributed by atoms with Gasteiger partial charge in [0.05, 0.1) is 32.3 Å². The molecule has 0 fully saturated rings. The molecule has 0 aromatic carbocycles. The van der Waals surface area contributed by atoms with Crippen molar-refractivity contribution in [3.63, 3.8) is 0 Å². The number of ketones is 1. The molecule has 1 aromatic heterocycles. The molecule has 0 saturated heterocycles. The number of Topliss-reactive ketones (excluding diaryl/α,β-unsaturated/α-hetero) is 1. The van der Waals surface area contributed by atoms with Crippen molar-refractivity contribution in [3.8, 4) is 18.1 Å². The van der Waals surface area contributed by atoms with Crippen molar-refractivity contribution in [1.29, 1.82) is 0 Å². The number of nitrogens with one attached hydrogen (secondary N) is 1. The van der Waals surface area contributed by atoms with Crippen LogP contribution in [0.25, 0.3) is 0 Å². The monoisotopic (exact) mass is 246 g/mol. The molecule has 0 unspecified atom stereocenters. The lowest BCUT2D eigenvalue weighted by atomic mass is 10.1. The number of ether oxygens (including phenoxy) is 1. The quantitative estimate of drug-likeness (QED) is 0.602. The second kappa shape index (κ2) is 6.77. The maximum Gasteiger partial charge on any atom is 0.152 e. The van der Waals surface area contributed by atoms with E-state index in [1.807, 2.05) is 13.8 Å². The van der Waals surface area contributed by atoms with Crippen LogP contribution in [0.1, 0.15) is 16.8 Å². The molecule has 0 atom stereocenters. The van der Waals surface area contributed by atoms with Crippen LogP contribution in [0.4, 0.5) is 0 Å². The van der Waals surface area contributed by atoms with Crippen LogP contribution in [0.5, 0.6) is 5.75 Å². The van der Waals surface area contributed by atoms with Gasteiger partial charge in [-0.15, -0.1) is 6.42 Å². The van der Waals surface area contributed by atoms with E-state index in [2.05, 4.69) is 16.2 Å². The van der Waals surface area contributed by atoms with Gasteiger partial charge in [0.15, 0.2) is 5.78 Å². The fraction of sp³-hybridized carbons (Fsp3) is 0.429. The molecular weight excluding hydrogens is 228 g/mol. The zero-order valence-electron chi connectivity index (χ0n) is 11.0. The van der Waals surface area contributed by atoms with Crippen LogP contribution in [0.3, 0.4) is 0 Å². The first-order valence-corrected chi connectivity index (χ1v) is 5.75. The van der Waals surface area contributed by atoms with Crippen LogP contribution < -0.4 is 10.1 Å². The van der Waals surface area contributed by atoms with E-state index >= 15 is 0 Å². The molecule has 0 radical (unpaired) electrons. The number of pyridine rings is 1. The van der Waals surface area contributed by atoms with Gasteiger partial charge in [-0.3, -0.25) is 15.1 Å². The maximum absolute atomic E-state index is 11.7. The van der Waals surface area contributed by atoms with Gasteiger partial charge >= 0.3 is 0 Å². The average molecular weight is 246 g/mol. The van der Waals surface area contributed by atoms with Crippen molar-refractivity contribution >= 4 is 5.78 Å². The predicted molar refractivity (Wildman–Crippen MR) is 70.7 cm³/mol. The second-order valence-corrected chi connectivity index (χ2v) is 4.07. The molecule has 0 aliphatic heterocycles. The number of nitrogens with zero attached hydrogens (tertiary/aromatic N) is 1. The normalized spacial score (nSPS) is 9.89. The van der Waals surface area contributed by atoms with Crippen molar-refractivity contribution in [2.24, 2.45) is 0 Å². The number of aromatic nitrogens is 1. The standard InChI is InChI=1S/C14H18N2O2/c1-5-6-15-9-12(17)7-13-11(3)14(18-4)10(2)8-16-13/h1,8,15H,6-7,9H2,2-4H3.